The first kappa shape index (κ1) is 17.1. The lowest BCUT2D eigenvalue weighted by Gasteiger charge is -2.19. The van der Waals surface area contributed by atoms with E-state index in [1.165, 1.54) is 13.2 Å². The fourth-order valence-electron chi connectivity index (χ4n) is 3.22. The van der Waals surface area contributed by atoms with Gasteiger partial charge in [-0.3, -0.25) is 10.00 Å². The summed E-state index contributed by atoms with van der Waals surface area (Å²) in [4.78, 5) is 16.1. The zero-order valence-electron chi connectivity index (χ0n) is 14.9. The molecule has 0 bridgehead atoms. The van der Waals surface area contributed by atoms with Crippen LogP contribution in [-0.4, -0.2) is 41.3 Å². The summed E-state index contributed by atoms with van der Waals surface area (Å²) in [7, 11) is 1.53. The zero-order valence-corrected chi connectivity index (χ0v) is 14.9. The van der Waals surface area contributed by atoms with Crippen molar-refractivity contribution in [3.8, 4) is 16.9 Å². The van der Waals surface area contributed by atoms with Crippen LogP contribution >= 0.6 is 0 Å². The van der Waals surface area contributed by atoms with E-state index in [-0.39, 0.29) is 18.4 Å². The molecule has 7 heteroatoms. The molecule has 0 spiro atoms. The van der Waals surface area contributed by atoms with Gasteiger partial charge < -0.3 is 9.64 Å². The van der Waals surface area contributed by atoms with Gasteiger partial charge in [-0.15, -0.1) is 0 Å². The number of nitrogens with zero attached hydrogens (tertiary/aromatic N) is 3. The van der Waals surface area contributed by atoms with E-state index in [2.05, 4.69) is 10.2 Å². The molecule has 4 rings (SSSR count). The minimum atomic E-state index is -0.341. The summed E-state index contributed by atoms with van der Waals surface area (Å²) < 4.78 is 19.2. The zero-order chi connectivity index (χ0) is 18.8. The van der Waals surface area contributed by atoms with Gasteiger partial charge >= 0.3 is 6.03 Å². The van der Waals surface area contributed by atoms with E-state index < -0.39 is 0 Å². The van der Waals surface area contributed by atoms with E-state index in [0.29, 0.717) is 24.4 Å². The molecule has 1 aliphatic rings. The molecule has 6 nitrogen and oxygen atoms in total. The highest BCUT2D eigenvalue weighted by Crippen LogP contribution is 2.26. The highest BCUT2D eigenvalue weighted by molar-refractivity contribution is 5.94. The van der Waals surface area contributed by atoms with Crippen molar-refractivity contribution < 1.29 is 13.9 Å². The number of H-pyrrole nitrogens is 1. The van der Waals surface area contributed by atoms with Gasteiger partial charge in [0.1, 0.15) is 11.6 Å². The fraction of sp³-hybridized carbons (Fsp3) is 0.200. The summed E-state index contributed by atoms with van der Waals surface area (Å²) in [6.45, 7) is 1.32. The summed E-state index contributed by atoms with van der Waals surface area (Å²) in [5, 5.41) is 6.73. The van der Waals surface area contributed by atoms with Crippen molar-refractivity contribution in [2.45, 2.75) is 6.54 Å². The molecule has 3 aromatic rings. The number of aromatic nitrogens is 2. The molecule has 1 aliphatic heterocycles. The highest BCUT2D eigenvalue weighted by Gasteiger charge is 2.30. The van der Waals surface area contributed by atoms with Crippen LogP contribution in [0.15, 0.2) is 54.9 Å². The number of aromatic amines is 1. The fourth-order valence-corrected chi connectivity index (χ4v) is 3.22. The topological polar surface area (TPSA) is 61.5 Å². The second-order valence-electron chi connectivity index (χ2n) is 6.35. The van der Waals surface area contributed by atoms with Crippen LogP contribution < -0.4 is 9.64 Å². The van der Waals surface area contributed by atoms with Gasteiger partial charge in [-0.2, -0.15) is 5.10 Å². The molecule has 0 radical (unpaired) electrons. The molecule has 138 valence electrons. The van der Waals surface area contributed by atoms with E-state index in [0.717, 1.165) is 16.8 Å². The van der Waals surface area contributed by atoms with Gasteiger partial charge in [-0.05, 0) is 35.9 Å². The van der Waals surface area contributed by atoms with Crippen molar-refractivity contribution in [2.24, 2.45) is 0 Å². The number of halogens is 1. The lowest BCUT2D eigenvalue weighted by atomic mass is 10.1. The lowest BCUT2D eigenvalue weighted by molar-refractivity contribution is 0.218. The second kappa shape index (κ2) is 7.11. The minimum absolute atomic E-state index is 0.131. The summed E-state index contributed by atoms with van der Waals surface area (Å²) in [5.41, 5.74) is 3.28. The largest absolute Gasteiger partial charge is 0.497 e. The third-order valence-corrected chi connectivity index (χ3v) is 4.72. The highest BCUT2D eigenvalue weighted by atomic mass is 19.1. The molecule has 0 unspecified atom stereocenters. The van der Waals surface area contributed by atoms with Crippen molar-refractivity contribution >= 4 is 11.7 Å². The van der Waals surface area contributed by atoms with Gasteiger partial charge in [0.2, 0.25) is 0 Å². The van der Waals surface area contributed by atoms with Crippen LogP contribution in [0.1, 0.15) is 5.56 Å². The summed E-state index contributed by atoms with van der Waals surface area (Å²) >= 11 is 0. The molecular weight excluding hydrogens is 347 g/mol. The number of methoxy groups -OCH3 is 1. The number of amides is 2. The number of rotatable bonds is 5. The average molecular weight is 366 g/mol. The average Bonchev–Trinajstić information content (AvgIpc) is 3.35. The Labute approximate surface area is 156 Å². The van der Waals surface area contributed by atoms with E-state index in [1.807, 2.05) is 30.5 Å². The first-order valence-electron chi connectivity index (χ1n) is 8.64. The van der Waals surface area contributed by atoms with Crippen molar-refractivity contribution in [1.82, 2.24) is 15.1 Å². The van der Waals surface area contributed by atoms with E-state index in [1.54, 1.807) is 28.1 Å². The van der Waals surface area contributed by atoms with Gasteiger partial charge in [0.15, 0.2) is 0 Å². The van der Waals surface area contributed by atoms with Crippen LogP contribution in [0.4, 0.5) is 14.9 Å². The molecule has 1 saturated heterocycles. The number of anilines is 1. The Morgan fingerprint density at radius 3 is 2.67 bits per heavy atom. The Morgan fingerprint density at radius 2 is 1.96 bits per heavy atom. The van der Waals surface area contributed by atoms with Crippen molar-refractivity contribution in [3.05, 3.63) is 66.2 Å². The molecule has 2 heterocycles. The maximum atomic E-state index is 14.1. The standard InChI is InChI=1S/C20H19FN4O2/c1-27-18-6-7-19(21)15(10-18)13-24-8-9-25(20(24)26)17-4-2-14(3-5-17)16-11-22-23-12-16/h2-7,10-12H,8-9,13H2,1H3,(H,22,23). The van der Waals surface area contributed by atoms with E-state index >= 15 is 0 Å². The van der Waals surface area contributed by atoms with Crippen LogP contribution in [0.25, 0.3) is 11.1 Å². The molecular formula is C20H19FN4O2. The van der Waals surface area contributed by atoms with Crippen LogP contribution in [0.2, 0.25) is 0 Å². The van der Waals surface area contributed by atoms with Crippen molar-refractivity contribution in [2.75, 3.05) is 25.1 Å². The number of urea groups is 1. The van der Waals surface area contributed by atoms with Gasteiger partial charge in [0, 0.05) is 36.1 Å². The Hall–Kier alpha value is -3.35. The molecule has 0 atom stereocenters. The van der Waals surface area contributed by atoms with Crippen molar-refractivity contribution in [3.63, 3.8) is 0 Å². The summed E-state index contributed by atoms with van der Waals surface area (Å²) in [6, 6.07) is 12.2. The van der Waals surface area contributed by atoms with Gasteiger partial charge in [0.05, 0.1) is 19.9 Å². The monoisotopic (exact) mass is 366 g/mol. The molecule has 2 amide bonds. The Bertz CT molecular complexity index is 941. The predicted molar refractivity (Wildman–Crippen MR) is 100 cm³/mol. The van der Waals surface area contributed by atoms with Crippen LogP contribution in [-0.2, 0) is 6.54 Å². The molecule has 1 aromatic heterocycles. The number of ether oxygens (including phenoxy) is 1. The second-order valence-corrected chi connectivity index (χ2v) is 6.35. The van der Waals surface area contributed by atoms with Crippen LogP contribution in [0.3, 0.4) is 0 Å². The first-order chi connectivity index (χ1) is 13.2. The maximum absolute atomic E-state index is 14.1. The first-order valence-corrected chi connectivity index (χ1v) is 8.64. The summed E-state index contributed by atoms with van der Waals surface area (Å²) in [5.74, 6) is 0.233. The normalized spacial score (nSPS) is 14.1. The van der Waals surface area contributed by atoms with E-state index in [9.17, 15) is 9.18 Å². The predicted octanol–water partition coefficient (Wildman–Crippen LogP) is 3.67. The van der Waals surface area contributed by atoms with Crippen molar-refractivity contribution in [1.29, 1.82) is 0 Å². The summed E-state index contributed by atoms with van der Waals surface area (Å²) in [6.07, 6.45) is 3.57. The lowest BCUT2D eigenvalue weighted by Crippen LogP contribution is -2.31. The number of hydrogen-bond acceptors (Lipinski definition) is 3. The number of carbonyl (C=O) groups is 1. The molecule has 1 fully saturated rings. The van der Waals surface area contributed by atoms with Crippen LogP contribution in [0.5, 0.6) is 5.75 Å². The third kappa shape index (κ3) is 3.36. The number of hydrogen-bond donors (Lipinski definition) is 1. The van der Waals surface area contributed by atoms with Crippen LogP contribution in [0, 0.1) is 5.82 Å². The minimum Gasteiger partial charge on any atom is -0.497 e. The number of benzene rings is 2. The van der Waals surface area contributed by atoms with Gasteiger partial charge in [0.25, 0.3) is 0 Å². The number of carbonyl (C=O) groups excluding carboxylic acids is 1. The molecule has 1 N–H and O–H groups in total. The Morgan fingerprint density at radius 1 is 1.15 bits per heavy atom. The quantitative estimate of drug-likeness (QED) is 0.749. The Balaban J connectivity index is 1.49. The Kier molecular flexibility index (Phi) is 4.50. The third-order valence-electron chi connectivity index (χ3n) is 4.72. The van der Waals surface area contributed by atoms with E-state index in [4.69, 9.17) is 4.74 Å². The molecule has 27 heavy (non-hydrogen) atoms. The van der Waals surface area contributed by atoms with Gasteiger partial charge in [-0.1, -0.05) is 12.1 Å². The molecule has 0 aliphatic carbocycles. The molecule has 2 aromatic carbocycles. The maximum Gasteiger partial charge on any atom is 0.324 e. The smallest absolute Gasteiger partial charge is 0.324 e. The number of nitrogens with one attached hydrogen (secondary N) is 1. The van der Waals surface area contributed by atoms with Gasteiger partial charge in [-0.25, -0.2) is 9.18 Å². The molecule has 0 saturated carbocycles. The SMILES string of the molecule is COc1ccc(F)c(CN2CCN(c3ccc(-c4cn[nH]c4)cc3)C2=O)c1.